The van der Waals surface area contributed by atoms with Gasteiger partial charge < -0.3 is 5.32 Å². The molecular formula is C14H28NO. The first-order chi connectivity index (χ1) is 7.81. The second-order valence-electron chi connectivity index (χ2n) is 4.43. The van der Waals surface area contributed by atoms with Gasteiger partial charge in [0.1, 0.15) is 0 Å². The van der Waals surface area contributed by atoms with Gasteiger partial charge in [-0.3, -0.25) is 4.79 Å². The summed E-state index contributed by atoms with van der Waals surface area (Å²) in [6.07, 6.45) is 11.2. The van der Waals surface area contributed by atoms with E-state index in [1.807, 2.05) is 0 Å². The van der Waals surface area contributed by atoms with Crippen LogP contribution in [0, 0.1) is 6.92 Å². The van der Waals surface area contributed by atoms with Crippen molar-refractivity contribution in [2.75, 3.05) is 6.54 Å². The van der Waals surface area contributed by atoms with Gasteiger partial charge in [-0.2, -0.15) is 0 Å². The van der Waals surface area contributed by atoms with Crippen molar-refractivity contribution in [2.24, 2.45) is 0 Å². The first-order valence-electron chi connectivity index (χ1n) is 6.87. The maximum absolute atomic E-state index is 11.4. The minimum Gasteiger partial charge on any atom is -0.356 e. The van der Waals surface area contributed by atoms with Crippen molar-refractivity contribution < 1.29 is 4.79 Å². The van der Waals surface area contributed by atoms with Crippen LogP contribution in [-0.4, -0.2) is 12.5 Å². The topological polar surface area (TPSA) is 29.1 Å². The van der Waals surface area contributed by atoms with E-state index in [0.717, 1.165) is 25.8 Å². The first-order valence-corrected chi connectivity index (χ1v) is 6.87. The minimum atomic E-state index is 0.228. The highest BCUT2D eigenvalue weighted by atomic mass is 16.1. The van der Waals surface area contributed by atoms with Gasteiger partial charge in [-0.1, -0.05) is 58.8 Å². The van der Waals surface area contributed by atoms with E-state index in [1.54, 1.807) is 0 Å². The van der Waals surface area contributed by atoms with E-state index in [4.69, 9.17) is 0 Å². The molecule has 0 aliphatic carbocycles. The van der Waals surface area contributed by atoms with Gasteiger partial charge in [0.15, 0.2) is 0 Å². The Balaban J connectivity index is 3.12. The largest absolute Gasteiger partial charge is 0.356 e. The summed E-state index contributed by atoms with van der Waals surface area (Å²) in [5.74, 6) is 0.228. The molecule has 0 aliphatic rings. The molecule has 0 heterocycles. The van der Waals surface area contributed by atoms with Crippen LogP contribution in [0.25, 0.3) is 0 Å². The van der Waals surface area contributed by atoms with Crippen LogP contribution in [0.3, 0.4) is 0 Å². The number of hydrogen-bond acceptors (Lipinski definition) is 1. The van der Waals surface area contributed by atoms with Crippen LogP contribution in [0.5, 0.6) is 0 Å². The minimum absolute atomic E-state index is 0.228. The maximum atomic E-state index is 11.4. The Hall–Kier alpha value is -0.530. The smallest absolute Gasteiger partial charge is 0.219 e. The first kappa shape index (κ1) is 15.5. The molecule has 0 spiro atoms. The fourth-order valence-corrected chi connectivity index (χ4v) is 1.68. The summed E-state index contributed by atoms with van der Waals surface area (Å²) >= 11 is 0. The molecule has 0 atom stereocenters. The average Bonchev–Trinajstić information content (AvgIpc) is 2.28. The zero-order valence-electron chi connectivity index (χ0n) is 10.9. The molecule has 1 N–H and O–H groups in total. The van der Waals surface area contributed by atoms with Crippen molar-refractivity contribution in [3.8, 4) is 0 Å². The second kappa shape index (κ2) is 12.5. The standard InChI is InChI=1S/C14H28NO/c1-3-5-7-9-10-12-14(16)15-13-11-8-6-4-2/h1,3-13H2,2H3,(H,15,16). The Morgan fingerprint density at radius 3 is 2.38 bits per heavy atom. The Morgan fingerprint density at radius 1 is 1.00 bits per heavy atom. The van der Waals surface area contributed by atoms with Crippen molar-refractivity contribution in [1.29, 1.82) is 0 Å². The third kappa shape index (κ3) is 11.5. The molecule has 0 aliphatic heterocycles. The van der Waals surface area contributed by atoms with E-state index in [-0.39, 0.29) is 5.91 Å². The lowest BCUT2D eigenvalue weighted by Crippen LogP contribution is -2.23. The fraction of sp³-hybridized carbons (Fsp3) is 0.857. The summed E-state index contributed by atoms with van der Waals surface area (Å²) in [7, 11) is 0. The zero-order chi connectivity index (χ0) is 12.1. The van der Waals surface area contributed by atoms with E-state index in [0.29, 0.717) is 6.42 Å². The summed E-state index contributed by atoms with van der Waals surface area (Å²) in [6, 6.07) is 0. The molecule has 95 valence electrons. The lowest BCUT2D eigenvalue weighted by Gasteiger charge is -2.04. The van der Waals surface area contributed by atoms with Gasteiger partial charge in [0.05, 0.1) is 0 Å². The average molecular weight is 226 g/mol. The van der Waals surface area contributed by atoms with Crippen LogP contribution in [0.1, 0.15) is 71.1 Å². The van der Waals surface area contributed by atoms with Gasteiger partial charge in [-0.25, -0.2) is 0 Å². The molecule has 0 aromatic rings. The lowest BCUT2D eigenvalue weighted by atomic mass is 10.1. The van der Waals surface area contributed by atoms with Crippen LogP contribution in [0.4, 0.5) is 0 Å². The van der Waals surface area contributed by atoms with E-state index in [2.05, 4.69) is 19.2 Å². The summed E-state index contributed by atoms with van der Waals surface area (Å²) in [4.78, 5) is 11.4. The van der Waals surface area contributed by atoms with Gasteiger partial charge in [0.2, 0.25) is 5.91 Å². The third-order valence-corrected chi connectivity index (χ3v) is 2.76. The van der Waals surface area contributed by atoms with Crippen molar-refractivity contribution in [2.45, 2.75) is 71.1 Å². The van der Waals surface area contributed by atoms with E-state index in [9.17, 15) is 4.79 Å². The molecule has 2 heteroatoms. The number of rotatable bonds is 11. The number of amides is 1. The van der Waals surface area contributed by atoms with Crippen molar-refractivity contribution in [3.63, 3.8) is 0 Å². The van der Waals surface area contributed by atoms with Gasteiger partial charge in [0.25, 0.3) is 0 Å². The van der Waals surface area contributed by atoms with Crippen molar-refractivity contribution in [3.05, 3.63) is 6.92 Å². The second-order valence-corrected chi connectivity index (χ2v) is 4.43. The molecule has 2 nitrogen and oxygen atoms in total. The van der Waals surface area contributed by atoms with Crippen LogP contribution >= 0.6 is 0 Å². The molecule has 0 bridgehead atoms. The summed E-state index contributed by atoms with van der Waals surface area (Å²) in [5, 5.41) is 2.98. The molecule has 0 saturated carbocycles. The highest BCUT2D eigenvalue weighted by Gasteiger charge is 1.99. The molecule has 0 aromatic heterocycles. The predicted octanol–water partition coefficient (Wildman–Crippen LogP) is 3.86. The molecule has 0 unspecified atom stereocenters. The van der Waals surface area contributed by atoms with E-state index in [1.165, 1.54) is 38.5 Å². The van der Waals surface area contributed by atoms with Crippen LogP contribution in [-0.2, 0) is 4.79 Å². The fourth-order valence-electron chi connectivity index (χ4n) is 1.68. The highest BCUT2D eigenvalue weighted by molar-refractivity contribution is 5.75. The van der Waals surface area contributed by atoms with Crippen LogP contribution in [0.2, 0.25) is 0 Å². The van der Waals surface area contributed by atoms with Crippen molar-refractivity contribution in [1.82, 2.24) is 5.32 Å². The highest BCUT2D eigenvalue weighted by Crippen LogP contribution is 2.04. The summed E-state index contributed by atoms with van der Waals surface area (Å²) < 4.78 is 0. The molecule has 1 amide bonds. The van der Waals surface area contributed by atoms with Crippen molar-refractivity contribution >= 4 is 5.91 Å². The van der Waals surface area contributed by atoms with Gasteiger partial charge >= 0.3 is 0 Å². The maximum Gasteiger partial charge on any atom is 0.219 e. The number of carbonyl (C=O) groups excluding carboxylic acids is 1. The number of hydrogen-bond donors (Lipinski definition) is 1. The van der Waals surface area contributed by atoms with Gasteiger partial charge in [-0.05, 0) is 12.8 Å². The van der Waals surface area contributed by atoms with Crippen LogP contribution in [0.15, 0.2) is 0 Å². The number of unbranched alkanes of at least 4 members (excludes halogenated alkanes) is 7. The third-order valence-electron chi connectivity index (χ3n) is 2.76. The Kier molecular flexibility index (Phi) is 12.1. The SMILES string of the molecule is [CH2]CCCCCCC(=O)NCCCCCC. The number of carbonyl (C=O) groups is 1. The van der Waals surface area contributed by atoms with Gasteiger partial charge in [-0.15, -0.1) is 0 Å². The molecule has 0 fully saturated rings. The Morgan fingerprint density at radius 2 is 1.69 bits per heavy atom. The van der Waals surface area contributed by atoms with E-state index >= 15 is 0 Å². The quantitative estimate of drug-likeness (QED) is 0.533. The summed E-state index contributed by atoms with van der Waals surface area (Å²) in [5.41, 5.74) is 0. The Bertz CT molecular complexity index is 141. The predicted molar refractivity (Wildman–Crippen MR) is 70.2 cm³/mol. The molecule has 16 heavy (non-hydrogen) atoms. The molecule has 1 radical (unpaired) electrons. The Labute approximate surface area is 101 Å². The molecule has 0 rings (SSSR count). The normalized spacial score (nSPS) is 10.4. The van der Waals surface area contributed by atoms with Gasteiger partial charge in [0, 0.05) is 13.0 Å². The summed E-state index contributed by atoms with van der Waals surface area (Å²) in [6.45, 7) is 6.86. The molecule has 0 aromatic carbocycles. The van der Waals surface area contributed by atoms with E-state index < -0.39 is 0 Å². The lowest BCUT2D eigenvalue weighted by molar-refractivity contribution is -0.121. The van der Waals surface area contributed by atoms with Crippen LogP contribution < -0.4 is 5.32 Å². The monoisotopic (exact) mass is 226 g/mol. The molecular weight excluding hydrogens is 198 g/mol. The molecule has 0 saturated heterocycles. The zero-order valence-corrected chi connectivity index (χ0v) is 10.9. The number of nitrogens with one attached hydrogen (secondary N) is 1.